The monoisotopic (exact) mass is 270 g/mol. The summed E-state index contributed by atoms with van der Waals surface area (Å²) in [4.78, 5) is 21.0. The third-order valence-corrected chi connectivity index (χ3v) is 4.14. The van der Waals surface area contributed by atoms with Crippen molar-refractivity contribution in [1.29, 1.82) is 0 Å². The summed E-state index contributed by atoms with van der Waals surface area (Å²) in [6.07, 6.45) is 8.97. The van der Waals surface area contributed by atoms with Crippen LogP contribution < -0.4 is 0 Å². The molecule has 3 nitrogen and oxygen atoms in total. The number of aliphatic imine (C=N–C) groups is 1. The molecule has 1 aromatic heterocycles. The topological polar surface area (TPSA) is 42.3 Å². The number of carbonyl (C=O) groups excluding carboxylic acids is 1. The molecule has 0 spiro atoms. The van der Waals surface area contributed by atoms with Crippen molar-refractivity contribution in [1.82, 2.24) is 4.98 Å². The van der Waals surface area contributed by atoms with Gasteiger partial charge in [0.25, 0.3) is 0 Å². The first-order valence-electron chi connectivity index (χ1n) is 7.82. The second kappa shape index (κ2) is 5.86. The van der Waals surface area contributed by atoms with Crippen LogP contribution in [0.15, 0.2) is 17.3 Å². The lowest BCUT2D eigenvalue weighted by Crippen LogP contribution is -2.07. The number of ketones is 1. The van der Waals surface area contributed by atoms with Gasteiger partial charge in [-0.3, -0.25) is 14.8 Å². The van der Waals surface area contributed by atoms with Gasteiger partial charge in [-0.25, -0.2) is 0 Å². The molecule has 0 bridgehead atoms. The van der Waals surface area contributed by atoms with Crippen molar-refractivity contribution in [2.45, 2.75) is 58.4 Å². The van der Waals surface area contributed by atoms with Crippen molar-refractivity contribution in [2.75, 3.05) is 0 Å². The molecule has 1 aromatic rings. The molecule has 2 aliphatic rings. The largest absolute Gasteiger partial charge is 0.299 e. The maximum atomic E-state index is 11.9. The van der Waals surface area contributed by atoms with Crippen LogP contribution in [0.5, 0.6) is 0 Å². The lowest BCUT2D eigenvalue weighted by molar-refractivity contribution is -0.118. The number of aromatic nitrogens is 1. The van der Waals surface area contributed by atoms with E-state index >= 15 is 0 Å². The molecular formula is C17H22N2O. The first-order chi connectivity index (χ1) is 9.78. The Morgan fingerprint density at radius 2 is 2.20 bits per heavy atom. The van der Waals surface area contributed by atoms with E-state index in [4.69, 9.17) is 0 Å². The van der Waals surface area contributed by atoms with Crippen LogP contribution in [0.1, 0.15) is 62.3 Å². The molecule has 3 heteroatoms. The molecule has 0 saturated heterocycles. The van der Waals surface area contributed by atoms with Crippen molar-refractivity contribution < 1.29 is 4.79 Å². The number of unbranched alkanes of at least 4 members (excludes halogenated alkanes) is 2. The number of pyridine rings is 1. The Labute approximate surface area is 120 Å². The van der Waals surface area contributed by atoms with Gasteiger partial charge in [-0.2, -0.15) is 0 Å². The third-order valence-electron chi connectivity index (χ3n) is 4.14. The Kier molecular flexibility index (Phi) is 3.95. The van der Waals surface area contributed by atoms with Crippen molar-refractivity contribution in [2.24, 2.45) is 10.9 Å². The summed E-state index contributed by atoms with van der Waals surface area (Å²) in [7, 11) is 0. The SMILES string of the molecule is CCCCCC(=O)Cc1cc2c(cn1)C(C1CC1)=NC2. The quantitative estimate of drug-likeness (QED) is 0.712. The lowest BCUT2D eigenvalue weighted by atomic mass is 10.0. The predicted molar refractivity (Wildman–Crippen MR) is 80.1 cm³/mol. The van der Waals surface area contributed by atoms with Gasteiger partial charge in [0.05, 0.1) is 6.54 Å². The molecular weight excluding hydrogens is 248 g/mol. The van der Waals surface area contributed by atoms with Gasteiger partial charge in [0.2, 0.25) is 0 Å². The fourth-order valence-electron chi connectivity index (χ4n) is 2.83. The summed E-state index contributed by atoms with van der Waals surface area (Å²) in [6, 6.07) is 2.09. The van der Waals surface area contributed by atoms with Crippen LogP contribution in [0.4, 0.5) is 0 Å². The second-order valence-electron chi connectivity index (χ2n) is 5.98. The highest BCUT2D eigenvalue weighted by Gasteiger charge is 2.32. The molecule has 1 aliphatic carbocycles. The fraction of sp³-hybridized carbons (Fsp3) is 0.588. The highest BCUT2D eigenvalue weighted by Crippen LogP contribution is 2.36. The average Bonchev–Trinajstić information content (AvgIpc) is 3.19. The molecule has 20 heavy (non-hydrogen) atoms. The molecule has 0 atom stereocenters. The smallest absolute Gasteiger partial charge is 0.138 e. The van der Waals surface area contributed by atoms with E-state index in [1.165, 1.54) is 29.7 Å². The Balaban J connectivity index is 1.61. The zero-order valence-electron chi connectivity index (χ0n) is 12.2. The van der Waals surface area contributed by atoms with E-state index in [2.05, 4.69) is 23.0 Å². The van der Waals surface area contributed by atoms with E-state index in [0.29, 0.717) is 24.5 Å². The minimum absolute atomic E-state index is 0.312. The molecule has 0 radical (unpaired) electrons. The van der Waals surface area contributed by atoms with E-state index < -0.39 is 0 Å². The standard InChI is InChI=1S/C17H22N2O/c1-2-3-4-5-15(20)9-14-8-13-10-19-17(12-6-7-12)16(13)11-18-14/h8,11-12H,2-7,9-10H2,1H3. The molecule has 3 rings (SSSR count). The van der Waals surface area contributed by atoms with Gasteiger partial charge in [0.15, 0.2) is 0 Å². The molecule has 1 fully saturated rings. The van der Waals surface area contributed by atoms with Gasteiger partial charge in [-0.05, 0) is 30.9 Å². The van der Waals surface area contributed by atoms with Gasteiger partial charge in [-0.1, -0.05) is 19.8 Å². The van der Waals surface area contributed by atoms with Crippen LogP contribution >= 0.6 is 0 Å². The van der Waals surface area contributed by atoms with Crippen LogP contribution in [-0.2, 0) is 17.8 Å². The van der Waals surface area contributed by atoms with Gasteiger partial charge in [-0.15, -0.1) is 0 Å². The molecule has 0 unspecified atom stereocenters. The third kappa shape index (κ3) is 2.97. The fourth-order valence-corrected chi connectivity index (χ4v) is 2.83. The first-order valence-corrected chi connectivity index (χ1v) is 7.82. The molecule has 106 valence electrons. The van der Waals surface area contributed by atoms with E-state index in [9.17, 15) is 4.79 Å². The lowest BCUT2D eigenvalue weighted by Gasteiger charge is -2.05. The van der Waals surface area contributed by atoms with E-state index in [1.54, 1.807) is 0 Å². The van der Waals surface area contributed by atoms with Crippen LogP contribution in [0, 0.1) is 5.92 Å². The van der Waals surface area contributed by atoms with Gasteiger partial charge in [0, 0.05) is 41.9 Å². The van der Waals surface area contributed by atoms with Crippen LogP contribution in [0.25, 0.3) is 0 Å². The molecule has 0 amide bonds. The number of hydrogen-bond acceptors (Lipinski definition) is 3. The Morgan fingerprint density at radius 1 is 1.35 bits per heavy atom. The van der Waals surface area contributed by atoms with E-state index in [0.717, 1.165) is 31.5 Å². The number of Topliss-reactive ketones (excluding diaryl/α,β-unsaturated/α-hetero) is 1. The molecule has 2 heterocycles. The Morgan fingerprint density at radius 3 is 2.95 bits per heavy atom. The zero-order chi connectivity index (χ0) is 13.9. The maximum absolute atomic E-state index is 11.9. The van der Waals surface area contributed by atoms with Crippen LogP contribution in [0.2, 0.25) is 0 Å². The van der Waals surface area contributed by atoms with Crippen molar-refractivity contribution in [3.63, 3.8) is 0 Å². The maximum Gasteiger partial charge on any atom is 0.138 e. The summed E-state index contributed by atoms with van der Waals surface area (Å²) < 4.78 is 0. The number of nitrogens with zero attached hydrogens (tertiary/aromatic N) is 2. The van der Waals surface area contributed by atoms with Crippen molar-refractivity contribution in [3.8, 4) is 0 Å². The summed E-state index contributed by atoms with van der Waals surface area (Å²) >= 11 is 0. The Hall–Kier alpha value is -1.51. The van der Waals surface area contributed by atoms with E-state index in [1.807, 2.05) is 6.20 Å². The highest BCUT2D eigenvalue weighted by molar-refractivity contribution is 6.06. The Bertz CT molecular complexity index is 544. The van der Waals surface area contributed by atoms with E-state index in [-0.39, 0.29) is 0 Å². The minimum atomic E-state index is 0.312. The van der Waals surface area contributed by atoms with Gasteiger partial charge in [0.1, 0.15) is 5.78 Å². The highest BCUT2D eigenvalue weighted by atomic mass is 16.1. The van der Waals surface area contributed by atoms with Gasteiger partial charge >= 0.3 is 0 Å². The number of hydrogen-bond donors (Lipinski definition) is 0. The summed E-state index contributed by atoms with van der Waals surface area (Å²) in [6.45, 7) is 2.94. The zero-order valence-corrected chi connectivity index (χ0v) is 12.2. The molecule has 1 saturated carbocycles. The summed E-state index contributed by atoms with van der Waals surface area (Å²) in [5.41, 5.74) is 4.67. The van der Waals surface area contributed by atoms with Gasteiger partial charge < -0.3 is 0 Å². The predicted octanol–water partition coefficient (Wildman–Crippen LogP) is 3.49. The number of carbonyl (C=O) groups is 1. The summed E-state index contributed by atoms with van der Waals surface area (Å²) in [5.74, 6) is 0.992. The second-order valence-corrected chi connectivity index (χ2v) is 5.98. The van der Waals surface area contributed by atoms with Crippen molar-refractivity contribution in [3.05, 3.63) is 29.1 Å². The molecule has 0 aromatic carbocycles. The number of fused-ring (bicyclic) bond motifs is 1. The minimum Gasteiger partial charge on any atom is -0.299 e. The normalized spacial score (nSPS) is 16.9. The summed E-state index contributed by atoms with van der Waals surface area (Å²) in [5, 5.41) is 0. The molecule has 1 aliphatic heterocycles. The number of rotatable bonds is 7. The average molecular weight is 270 g/mol. The van der Waals surface area contributed by atoms with Crippen molar-refractivity contribution >= 4 is 11.5 Å². The first kappa shape index (κ1) is 13.5. The molecule has 0 N–H and O–H groups in total. The van der Waals surface area contributed by atoms with Crippen LogP contribution in [0.3, 0.4) is 0 Å². The van der Waals surface area contributed by atoms with Crippen LogP contribution in [-0.4, -0.2) is 16.5 Å².